The van der Waals surface area contributed by atoms with Crippen LogP contribution in [-0.4, -0.2) is 44.7 Å². The van der Waals surface area contributed by atoms with Crippen molar-refractivity contribution in [3.8, 4) is 0 Å². The van der Waals surface area contributed by atoms with Gasteiger partial charge in [-0.05, 0) is 18.1 Å². The van der Waals surface area contributed by atoms with Gasteiger partial charge in [0.05, 0.1) is 13.2 Å². The number of nitrogens with zero attached hydrogens (tertiary/aromatic N) is 2. The van der Waals surface area contributed by atoms with Gasteiger partial charge in [0, 0.05) is 20.6 Å². The molecule has 106 valence electrons. The van der Waals surface area contributed by atoms with Gasteiger partial charge in [0.25, 0.3) is 0 Å². The highest BCUT2D eigenvalue weighted by Gasteiger charge is 2.24. The number of aryl methyl sites for hydroxylation is 1. The molecule has 1 heterocycles. The Morgan fingerprint density at radius 2 is 2.16 bits per heavy atom. The van der Waals surface area contributed by atoms with E-state index in [2.05, 4.69) is 46.4 Å². The number of hydrogen-bond acceptors (Lipinski definition) is 2. The molecule has 1 aromatic rings. The average Bonchev–Trinajstić information content (AvgIpc) is 2.41. The maximum Gasteiger partial charge on any atom is 0.193 e. The first kappa shape index (κ1) is 16.2. The van der Waals surface area contributed by atoms with Gasteiger partial charge in [-0.3, -0.25) is 4.99 Å². The van der Waals surface area contributed by atoms with Crippen molar-refractivity contribution in [1.29, 1.82) is 0 Å². The van der Waals surface area contributed by atoms with Crippen LogP contribution in [0.25, 0.3) is 0 Å². The van der Waals surface area contributed by atoms with E-state index in [1.807, 2.05) is 14.1 Å². The lowest BCUT2D eigenvalue weighted by Crippen LogP contribution is -2.47. The molecule has 5 heteroatoms. The second kappa shape index (κ2) is 7.69. The standard InChI is InChI=1S/C14H21N3O.HI/c1-11-6-4-5-7-12(11)13-10-17(8-9-18-13)14(15-2)16-3;/h4-7,13H,8-10H2,1-3H3,(H,15,16);1H. The molecular weight excluding hydrogens is 353 g/mol. The Balaban J connectivity index is 0.00000180. The number of rotatable bonds is 1. The molecular formula is C14H22IN3O. The van der Waals surface area contributed by atoms with Crippen molar-refractivity contribution in [2.24, 2.45) is 4.99 Å². The first-order chi connectivity index (χ1) is 8.76. The number of hydrogen-bond donors (Lipinski definition) is 1. The molecule has 1 saturated heterocycles. The average molecular weight is 375 g/mol. The van der Waals surface area contributed by atoms with Crippen LogP contribution < -0.4 is 5.32 Å². The van der Waals surface area contributed by atoms with Crippen LogP contribution in [0.1, 0.15) is 17.2 Å². The fourth-order valence-corrected chi connectivity index (χ4v) is 2.39. The van der Waals surface area contributed by atoms with E-state index < -0.39 is 0 Å². The predicted octanol–water partition coefficient (Wildman–Crippen LogP) is 2.19. The van der Waals surface area contributed by atoms with Gasteiger partial charge in [0.2, 0.25) is 0 Å². The number of guanidine groups is 1. The number of aliphatic imine (C=N–C) groups is 1. The molecule has 0 spiro atoms. The molecule has 1 aromatic carbocycles. The minimum absolute atomic E-state index is 0. The summed E-state index contributed by atoms with van der Waals surface area (Å²) in [5, 5.41) is 3.13. The Hall–Kier alpha value is -0.820. The molecule has 1 unspecified atom stereocenters. The molecule has 1 fully saturated rings. The van der Waals surface area contributed by atoms with E-state index in [0.29, 0.717) is 0 Å². The van der Waals surface area contributed by atoms with E-state index in [1.165, 1.54) is 11.1 Å². The monoisotopic (exact) mass is 375 g/mol. The SMILES string of the molecule is CN=C(NC)N1CCOC(c2ccccc2C)C1.I. The molecule has 0 bridgehead atoms. The summed E-state index contributed by atoms with van der Waals surface area (Å²) < 4.78 is 5.89. The maximum atomic E-state index is 5.89. The van der Waals surface area contributed by atoms with E-state index in [-0.39, 0.29) is 30.1 Å². The summed E-state index contributed by atoms with van der Waals surface area (Å²) in [6.07, 6.45) is 0.130. The minimum Gasteiger partial charge on any atom is -0.370 e. The zero-order chi connectivity index (χ0) is 13.0. The topological polar surface area (TPSA) is 36.9 Å². The lowest BCUT2D eigenvalue weighted by molar-refractivity contribution is -0.00817. The lowest BCUT2D eigenvalue weighted by Gasteiger charge is -2.35. The highest BCUT2D eigenvalue weighted by atomic mass is 127. The third-order valence-corrected chi connectivity index (χ3v) is 3.34. The minimum atomic E-state index is 0. The number of benzene rings is 1. The maximum absolute atomic E-state index is 5.89. The van der Waals surface area contributed by atoms with Gasteiger partial charge in [0.1, 0.15) is 6.10 Å². The van der Waals surface area contributed by atoms with Crippen molar-refractivity contribution in [3.05, 3.63) is 35.4 Å². The van der Waals surface area contributed by atoms with E-state index in [0.717, 1.165) is 25.7 Å². The second-order valence-electron chi connectivity index (χ2n) is 4.46. The summed E-state index contributed by atoms with van der Waals surface area (Å²) in [5.74, 6) is 0.928. The molecule has 0 amide bonds. The Kier molecular flexibility index (Phi) is 6.57. The van der Waals surface area contributed by atoms with Crippen LogP contribution >= 0.6 is 24.0 Å². The third kappa shape index (κ3) is 3.82. The van der Waals surface area contributed by atoms with Crippen LogP contribution in [0.2, 0.25) is 0 Å². The number of halogens is 1. The molecule has 0 radical (unpaired) electrons. The largest absolute Gasteiger partial charge is 0.370 e. The van der Waals surface area contributed by atoms with Crippen LogP contribution in [0, 0.1) is 6.92 Å². The summed E-state index contributed by atoms with van der Waals surface area (Å²) in [6.45, 7) is 4.60. The van der Waals surface area contributed by atoms with Gasteiger partial charge in [-0.25, -0.2) is 0 Å². The van der Waals surface area contributed by atoms with E-state index in [9.17, 15) is 0 Å². The van der Waals surface area contributed by atoms with E-state index in [1.54, 1.807) is 0 Å². The summed E-state index contributed by atoms with van der Waals surface area (Å²) in [4.78, 5) is 6.49. The number of nitrogens with one attached hydrogen (secondary N) is 1. The molecule has 1 aliphatic rings. The van der Waals surface area contributed by atoms with Crippen LogP contribution in [-0.2, 0) is 4.74 Å². The van der Waals surface area contributed by atoms with Gasteiger partial charge in [-0.15, -0.1) is 24.0 Å². The van der Waals surface area contributed by atoms with E-state index in [4.69, 9.17) is 4.74 Å². The molecule has 0 saturated carbocycles. The Morgan fingerprint density at radius 1 is 1.42 bits per heavy atom. The van der Waals surface area contributed by atoms with Gasteiger partial charge in [-0.2, -0.15) is 0 Å². The molecule has 19 heavy (non-hydrogen) atoms. The van der Waals surface area contributed by atoms with Crippen LogP contribution in [0.3, 0.4) is 0 Å². The number of ether oxygens (including phenoxy) is 1. The first-order valence-corrected chi connectivity index (χ1v) is 6.33. The van der Waals surface area contributed by atoms with Crippen LogP contribution in [0.4, 0.5) is 0 Å². The molecule has 0 aliphatic carbocycles. The summed E-state index contributed by atoms with van der Waals surface area (Å²) in [7, 11) is 3.71. The molecule has 2 rings (SSSR count). The molecule has 0 aromatic heterocycles. The Morgan fingerprint density at radius 3 is 2.79 bits per heavy atom. The van der Waals surface area contributed by atoms with Crippen molar-refractivity contribution < 1.29 is 4.74 Å². The third-order valence-electron chi connectivity index (χ3n) is 3.34. The summed E-state index contributed by atoms with van der Waals surface area (Å²) in [6, 6.07) is 8.40. The quantitative estimate of drug-likeness (QED) is 0.465. The van der Waals surface area contributed by atoms with Gasteiger partial charge in [-0.1, -0.05) is 24.3 Å². The van der Waals surface area contributed by atoms with Gasteiger partial charge in [0.15, 0.2) is 5.96 Å². The van der Waals surface area contributed by atoms with Gasteiger partial charge < -0.3 is 15.0 Å². The van der Waals surface area contributed by atoms with E-state index >= 15 is 0 Å². The molecule has 4 nitrogen and oxygen atoms in total. The van der Waals surface area contributed by atoms with Gasteiger partial charge >= 0.3 is 0 Å². The lowest BCUT2D eigenvalue weighted by atomic mass is 10.0. The number of morpholine rings is 1. The van der Waals surface area contributed by atoms with Crippen molar-refractivity contribution >= 4 is 29.9 Å². The van der Waals surface area contributed by atoms with Crippen LogP contribution in [0.15, 0.2) is 29.3 Å². The fourth-order valence-electron chi connectivity index (χ4n) is 2.39. The summed E-state index contributed by atoms with van der Waals surface area (Å²) >= 11 is 0. The molecule has 1 aliphatic heterocycles. The Labute approximate surface area is 132 Å². The van der Waals surface area contributed by atoms with Crippen molar-refractivity contribution in [2.45, 2.75) is 13.0 Å². The second-order valence-corrected chi connectivity index (χ2v) is 4.46. The van der Waals surface area contributed by atoms with Crippen molar-refractivity contribution in [1.82, 2.24) is 10.2 Å². The first-order valence-electron chi connectivity index (χ1n) is 6.33. The van der Waals surface area contributed by atoms with Crippen molar-refractivity contribution in [3.63, 3.8) is 0 Å². The predicted molar refractivity (Wildman–Crippen MR) is 89.3 cm³/mol. The zero-order valence-corrected chi connectivity index (χ0v) is 14.0. The smallest absolute Gasteiger partial charge is 0.193 e. The van der Waals surface area contributed by atoms with Crippen molar-refractivity contribution in [2.75, 3.05) is 33.8 Å². The normalized spacial score (nSPS) is 19.8. The summed E-state index contributed by atoms with van der Waals surface area (Å²) in [5.41, 5.74) is 2.55. The zero-order valence-electron chi connectivity index (χ0n) is 11.7. The molecule has 1 N–H and O–H groups in total. The highest BCUT2D eigenvalue weighted by molar-refractivity contribution is 14.0. The molecule has 1 atom stereocenters. The fraction of sp³-hybridized carbons (Fsp3) is 0.500. The Bertz CT molecular complexity index is 436. The van der Waals surface area contributed by atoms with Crippen LogP contribution in [0.5, 0.6) is 0 Å². The highest BCUT2D eigenvalue weighted by Crippen LogP contribution is 2.24.